The highest BCUT2D eigenvalue weighted by atomic mass is 32.2. The fourth-order valence-electron chi connectivity index (χ4n) is 3.28. The number of aryl methyl sites for hydroxylation is 3. The number of rotatable bonds is 8. The molecular formula is C25H28N2O5S. The number of nitrogens with one attached hydrogen (secondary N) is 1. The van der Waals surface area contributed by atoms with Gasteiger partial charge in [0.25, 0.3) is 10.0 Å². The Labute approximate surface area is 195 Å². The molecule has 0 fully saturated rings. The highest BCUT2D eigenvalue weighted by Crippen LogP contribution is 2.32. The molecule has 1 N–H and O–H groups in total. The van der Waals surface area contributed by atoms with Crippen molar-refractivity contribution in [2.75, 3.05) is 30.4 Å². The first-order chi connectivity index (χ1) is 15.6. The summed E-state index contributed by atoms with van der Waals surface area (Å²) >= 11 is 0. The highest BCUT2D eigenvalue weighted by molar-refractivity contribution is 7.92. The predicted octanol–water partition coefficient (Wildman–Crippen LogP) is 4.46. The maximum atomic E-state index is 13.6. The molecule has 3 rings (SSSR count). The average molecular weight is 469 g/mol. The lowest BCUT2D eigenvalue weighted by Gasteiger charge is -2.24. The van der Waals surface area contributed by atoms with E-state index in [2.05, 4.69) is 5.32 Å². The normalized spacial score (nSPS) is 11.1. The third-order valence-corrected chi connectivity index (χ3v) is 7.11. The van der Waals surface area contributed by atoms with Crippen molar-refractivity contribution in [3.63, 3.8) is 0 Å². The van der Waals surface area contributed by atoms with Crippen LogP contribution in [-0.2, 0) is 14.8 Å². The molecule has 0 unspecified atom stereocenters. The van der Waals surface area contributed by atoms with Crippen LogP contribution >= 0.6 is 0 Å². The number of nitrogens with zero attached hydrogens (tertiary/aromatic N) is 1. The summed E-state index contributed by atoms with van der Waals surface area (Å²) in [5.41, 5.74) is 4.09. The van der Waals surface area contributed by atoms with Crippen LogP contribution in [0.3, 0.4) is 0 Å². The van der Waals surface area contributed by atoms with Gasteiger partial charge in [0.15, 0.2) is 11.5 Å². The second-order valence-electron chi connectivity index (χ2n) is 7.71. The highest BCUT2D eigenvalue weighted by Gasteiger charge is 2.28. The summed E-state index contributed by atoms with van der Waals surface area (Å²) < 4.78 is 38.8. The molecule has 8 heteroatoms. The van der Waals surface area contributed by atoms with Gasteiger partial charge in [-0.2, -0.15) is 0 Å². The number of hydrogen-bond acceptors (Lipinski definition) is 5. The Balaban J connectivity index is 1.98. The van der Waals surface area contributed by atoms with Gasteiger partial charge < -0.3 is 14.8 Å². The number of ether oxygens (including phenoxy) is 2. The van der Waals surface area contributed by atoms with Crippen LogP contribution in [0, 0.1) is 20.8 Å². The van der Waals surface area contributed by atoms with Gasteiger partial charge in [-0.15, -0.1) is 0 Å². The summed E-state index contributed by atoms with van der Waals surface area (Å²) in [7, 11) is -1.18. The van der Waals surface area contributed by atoms with Crippen LogP contribution in [0.4, 0.5) is 11.4 Å². The van der Waals surface area contributed by atoms with Crippen LogP contribution in [0.2, 0.25) is 0 Å². The number of hydrogen-bond donors (Lipinski definition) is 1. The second-order valence-corrected chi connectivity index (χ2v) is 9.57. The molecule has 0 saturated heterocycles. The van der Waals surface area contributed by atoms with Crippen molar-refractivity contribution in [1.29, 1.82) is 0 Å². The molecule has 0 bridgehead atoms. The van der Waals surface area contributed by atoms with Gasteiger partial charge in [0.2, 0.25) is 5.91 Å². The van der Waals surface area contributed by atoms with Gasteiger partial charge in [-0.1, -0.05) is 23.8 Å². The molecule has 1 amide bonds. The third-order valence-electron chi connectivity index (χ3n) is 5.34. The maximum absolute atomic E-state index is 13.6. The molecule has 0 radical (unpaired) electrons. The fourth-order valence-corrected chi connectivity index (χ4v) is 4.72. The number of methoxy groups -OCH3 is 2. The standard InChI is InChI=1S/C25H28N2O5S/c1-17-6-10-21(11-7-17)27(16-25(28)26-20-9-8-18(2)19(3)14-20)33(29,30)22-12-13-23(31-4)24(15-22)32-5/h6-15H,16H2,1-5H3,(H,26,28). The molecule has 0 aliphatic rings. The van der Waals surface area contributed by atoms with Crippen LogP contribution in [-0.4, -0.2) is 35.1 Å². The monoisotopic (exact) mass is 468 g/mol. The summed E-state index contributed by atoms with van der Waals surface area (Å²) in [6, 6.07) is 16.8. The fraction of sp³-hybridized carbons (Fsp3) is 0.240. The molecule has 0 atom stereocenters. The van der Waals surface area contributed by atoms with Crippen LogP contribution in [0.5, 0.6) is 11.5 Å². The van der Waals surface area contributed by atoms with E-state index in [4.69, 9.17) is 9.47 Å². The summed E-state index contributed by atoms with van der Waals surface area (Å²) in [4.78, 5) is 12.9. The zero-order valence-corrected chi connectivity index (χ0v) is 20.2. The zero-order chi connectivity index (χ0) is 24.2. The Morgan fingerprint density at radius 1 is 0.848 bits per heavy atom. The van der Waals surface area contributed by atoms with Gasteiger partial charge in [0, 0.05) is 11.8 Å². The summed E-state index contributed by atoms with van der Waals surface area (Å²) in [5.74, 6) is 0.232. The van der Waals surface area contributed by atoms with Crippen LogP contribution in [0.15, 0.2) is 65.6 Å². The third kappa shape index (κ3) is 5.46. The second kappa shape index (κ2) is 9.95. The molecule has 174 valence electrons. The Hall–Kier alpha value is -3.52. The number of amides is 1. The average Bonchev–Trinajstić information content (AvgIpc) is 2.80. The van der Waals surface area contributed by atoms with Crippen LogP contribution in [0.1, 0.15) is 16.7 Å². The lowest BCUT2D eigenvalue weighted by Crippen LogP contribution is -2.38. The Morgan fingerprint density at radius 2 is 1.52 bits per heavy atom. The molecule has 0 aliphatic carbocycles. The van der Waals surface area contributed by atoms with E-state index in [9.17, 15) is 13.2 Å². The first kappa shape index (κ1) is 24.1. The van der Waals surface area contributed by atoms with E-state index < -0.39 is 22.5 Å². The minimum Gasteiger partial charge on any atom is -0.493 e. The van der Waals surface area contributed by atoms with E-state index in [-0.39, 0.29) is 10.6 Å². The molecule has 0 saturated carbocycles. The first-order valence-corrected chi connectivity index (χ1v) is 11.8. The van der Waals surface area contributed by atoms with Gasteiger partial charge >= 0.3 is 0 Å². The van der Waals surface area contributed by atoms with Gasteiger partial charge in [0.1, 0.15) is 6.54 Å². The van der Waals surface area contributed by atoms with Crippen LogP contribution < -0.4 is 19.1 Å². The number of carbonyl (C=O) groups excluding carboxylic acids is 1. The zero-order valence-electron chi connectivity index (χ0n) is 19.4. The van der Waals surface area contributed by atoms with Crippen molar-refractivity contribution in [2.24, 2.45) is 0 Å². The van der Waals surface area contributed by atoms with E-state index >= 15 is 0 Å². The van der Waals surface area contributed by atoms with Crippen molar-refractivity contribution >= 4 is 27.3 Å². The van der Waals surface area contributed by atoms with E-state index in [0.717, 1.165) is 21.0 Å². The lowest BCUT2D eigenvalue weighted by molar-refractivity contribution is -0.114. The van der Waals surface area contributed by atoms with Crippen molar-refractivity contribution in [1.82, 2.24) is 0 Å². The molecule has 3 aromatic carbocycles. The van der Waals surface area contributed by atoms with Gasteiger partial charge in [-0.3, -0.25) is 9.10 Å². The summed E-state index contributed by atoms with van der Waals surface area (Å²) in [5, 5.41) is 2.80. The minimum atomic E-state index is -4.09. The molecule has 0 aromatic heterocycles. The summed E-state index contributed by atoms with van der Waals surface area (Å²) in [6.07, 6.45) is 0. The molecule has 33 heavy (non-hydrogen) atoms. The van der Waals surface area contributed by atoms with E-state index in [1.165, 1.54) is 32.4 Å². The van der Waals surface area contributed by atoms with Crippen molar-refractivity contribution in [3.05, 3.63) is 77.4 Å². The largest absolute Gasteiger partial charge is 0.493 e. The molecule has 0 aliphatic heterocycles. The molecule has 3 aromatic rings. The molecule has 7 nitrogen and oxygen atoms in total. The Bertz CT molecular complexity index is 1250. The topological polar surface area (TPSA) is 84.9 Å². The molecule has 0 spiro atoms. The Morgan fingerprint density at radius 3 is 2.12 bits per heavy atom. The maximum Gasteiger partial charge on any atom is 0.264 e. The van der Waals surface area contributed by atoms with Crippen molar-refractivity contribution in [3.8, 4) is 11.5 Å². The Kier molecular flexibility index (Phi) is 7.28. The smallest absolute Gasteiger partial charge is 0.264 e. The van der Waals surface area contributed by atoms with E-state index in [1.54, 1.807) is 30.3 Å². The first-order valence-electron chi connectivity index (χ1n) is 10.3. The van der Waals surface area contributed by atoms with Gasteiger partial charge in [-0.05, 0) is 68.3 Å². The number of carbonyl (C=O) groups is 1. The van der Waals surface area contributed by atoms with E-state index in [0.29, 0.717) is 17.1 Å². The van der Waals surface area contributed by atoms with Crippen molar-refractivity contribution < 1.29 is 22.7 Å². The summed E-state index contributed by atoms with van der Waals surface area (Å²) in [6.45, 7) is 5.44. The van der Waals surface area contributed by atoms with E-state index in [1.807, 2.05) is 32.9 Å². The quantitative estimate of drug-likeness (QED) is 0.528. The number of benzene rings is 3. The van der Waals surface area contributed by atoms with Gasteiger partial charge in [-0.25, -0.2) is 8.42 Å². The number of sulfonamides is 1. The van der Waals surface area contributed by atoms with Crippen LogP contribution in [0.25, 0.3) is 0 Å². The number of anilines is 2. The molecule has 0 heterocycles. The molecular weight excluding hydrogens is 440 g/mol. The van der Waals surface area contributed by atoms with Crippen molar-refractivity contribution in [2.45, 2.75) is 25.7 Å². The van der Waals surface area contributed by atoms with Gasteiger partial charge in [0.05, 0.1) is 24.8 Å². The minimum absolute atomic E-state index is 0.0142. The predicted molar refractivity (Wildman–Crippen MR) is 130 cm³/mol. The lowest BCUT2D eigenvalue weighted by atomic mass is 10.1. The SMILES string of the molecule is COc1ccc(S(=O)(=O)N(CC(=O)Nc2ccc(C)c(C)c2)c2ccc(C)cc2)cc1OC.